The zero-order chi connectivity index (χ0) is 14.9. The second-order valence-electron chi connectivity index (χ2n) is 4.86. The van der Waals surface area contributed by atoms with Gasteiger partial charge < -0.3 is 11.1 Å². The summed E-state index contributed by atoms with van der Waals surface area (Å²) in [5, 5.41) is 3.08. The van der Waals surface area contributed by atoms with Crippen LogP contribution in [-0.2, 0) is 16.4 Å². The molecule has 0 fully saturated rings. The normalized spacial score (nSPS) is 16.3. The molecular formula is C15H15N3O2S. The Morgan fingerprint density at radius 3 is 2.48 bits per heavy atom. The molecule has 0 aliphatic carbocycles. The zero-order valence-electron chi connectivity index (χ0n) is 11.3. The third kappa shape index (κ3) is 2.90. The summed E-state index contributed by atoms with van der Waals surface area (Å²) in [6.07, 6.45) is 1.35. The van der Waals surface area contributed by atoms with E-state index in [9.17, 15) is 8.42 Å². The quantitative estimate of drug-likeness (QED) is 0.834. The van der Waals surface area contributed by atoms with Gasteiger partial charge in [-0.15, -0.1) is 4.40 Å². The van der Waals surface area contributed by atoms with Crippen molar-refractivity contribution in [3.05, 3.63) is 54.1 Å². The Morgan fingerprint density at radius 1 is 1.00 bits per heavy atom. The van der Waals surface area contributed by atoms with E-state index in [1.165, 1.54) is 17.7 Å². The third-order valence-electron chi connectivity index (χ3n) is 3.34. The van der Waals surface area contributed by atoms with Gasteiger partial charge in [-0.2, -0.15) is 8.42 Å². The molecule has 5 nitrogen and oxygen atoms in total. The fourth-order valence-electron chi connectivity index (χ4n) is 2.24. The predicted molar refractivity (Wildman–Crippen MR) is 83.9 cm³/mol. The van der Waals surface area contributed by atoms with Crippen molar-refractivity contribution in [2.45, 2.75) is 17.7 Å². The van der Waals surface area contributed by atoms with Crippen LogP contribution in [0.15, 0.2) is 57.8 Å². The minimum atomic E-state index is -3.71. The molecule has 0 saturated carbocycles. The summed E-state index contributed by atoms with van der Waals surface area (Å²) in [5.41, 5.74) is 8.16. The first kappa shape index (κ1) is 13.6. The fraction of sp³-hybridized carbons (Fsp3) is 0.133. The molecule has 0 atom stereocenters. The fourth-order valence-corrected chi connectivity index (χ4v) is 3.25. The van der Waals surface area contributed by atoms with Crippen LogP contribution in [0.5, 0.6) is 0 Å². The molecule has 0 unspecified atom stereocenters. The van der Waals surface area contributed by atoms with Crippen molar-refractivity contribution in [2.75, 3.05) is 11.1 Å². The Morgan fingerprint density at radius 2 is 1.71 bits per heavy atom. The van der Waals surface area contributed by atoms with Gasteiger partial charge in [0.05, 0.1) is 4.90 Å². The monoisotopic (exact) mass is 301 g/mol. The van der Waals surface area contributed by atoms with Crippen LogP contribution in [0, 0.1) is 0 Å². The molecule has 1 aliphatic heterocycles. The number of para-hydroxylation sites is 1. The SMILES string of the molecule is Nc1ccc(S(=O)(=O)N=C2CCc3ccccc3N2)cc1. The molecule has 0 bridgehead atoms. The molecule has 0 spiro atoms. The van der Waals surface area contributed by atoms with Crippen LogP contribution in [-0.4, -0.2) is 14.3 Å². The summed E-state index contributed by atoms with van der Waals surface area (Å²) in [6.45, 7) is 0. The maximum Gasteiger partial charge on any atom is 0.283 e. The first-order valence-electron chi connectivity index (χ1n) is 6.59. The van der Waals surface area contributed by atoms with Gasteiger partial charge in [-0.3, -0.25) is 0 Å². The van der Waals surface area contributed by atoms with Gasteiger partial charge in [0.25, 0.3) is 10.0 Å². The highest BCUT2D eigenvalue weighted by molar-refractivity contribution is 7.90. The summed E-state index contributed by atoms with van der Waals surface area (Å²) in [5.74, 6) is 0.463. The van der Waals surface area contributed by atoms with Gasteiger partial charge in [-0.25, -0.2) is 0 Å². The average molecular weight is 301 g/mol. The summed E-state index contributed by atoms with van der Waals surface area (Å²) >= 11 is 0. The Bertz CT molecular complexity index is 796. The molecule has 0 amide bonds. The standard InChI is InChI=1S/C15H15N3O2S/c16-12-6-8-13(9-7-12)21(19,20)18-15-10-5-11-3-1-2-4-14(11)17-15/h1-4,6-9H,5,10,16H2,(H,17,18). The summed E-state index contributed by atoms with van der Waals surface area (Å²) < 4.78 is 28.4. The lowest BCUT2D eigenvalue weighted by molar-refractivity contribution is 0.598. The van der Waals surface area contributed by atoms with Crippen LogP contribution < -0.4 is 11.1 Å². The molecule has 3 rings (SSSR count). The number of nitrogens with zero attached hydrogens (tertiary/aromatic N) is 1. The molecule has 6 heteroatoms. The molecule has 108 valence electrons. The molecule has 1 aliphatic rings. The second-order valence-corrected chi connectivity index (χ2v) is 6.47. The van der Waals surface area contributed by atoms with Gasteiger partial charge in [-0.1, -0.05) is 18.2 Å². The van der Waals surface area contributed by atoms with E-state index in [0.717, 1.165) is 12.1 Å². The van der Waals surface area contributed by atoms with Crippen LogP contribution in [0.25, 0.3) is 0 Å². The number of hydrogen-bond acceptors (Lipinski definition) is 3. The van der Waals surface area contributed by atoms with Gasteiger partial charge >= 0.3 is 0 Å². The number of benzene rings is 2. The van der Waals surface area contributed by atoms with E-state index in [4.69, 9.17) is 5.73 Å². The van der Waals surface area contributed by atoms with E-state index in [1.807, 2.05) is 24.3 Å². The smallest absolute Gasteiger partial charge is 0.283 e. The van der Waals surface area contributed by atoms with Crippen molar-refractivity contribution in [3.8, 4) is 0 Å². The number of nitrogens with one attached hydrogen (secondary N) is 1. The van der Waals surface area contributed by atoms with E-state index < -0.39 is 10.0 Å². The number of fused-ring (bicyclic) bond motifs is 1. The third-order valence-corrected chi connectivity index (χ3v) is 4.66. The van der Waals surface area contributed by atoms with E-state index in [-0.39, 0.29) is 4.90 Å². The highest BCUT2D eigenvalue weighted by atomic mass is 32.2. The maximum absolute atomic E-state index is 12.3. The number of nitrogens with two attached hydrogens (primary N) is 1. The topological polar surface area (TPSA) is 84.6 Å². The largest absolute Gasteiger partial charge is 0.399 e. The number of anilines is 2. The molecule has 21 heavy (non-hydrogen) atoms. The van der Waals surface area contributed by atoms with Crippen molar-refractivity contribution in [1.82, 2.24) is 0 Å². The number of amidine groups is 1. The molecule has 0 radical (unpaired) electrons. The minimum absolute atomic E-state index is 0.143. The molecule has 2 aromatic carbocycles. The molecule has 3 N–H and O–H groups in total. The minimum Gasteiger partial charge on any atom is -0.399 e. The first-order chi connectivity index (χ1) is 10.0. The lowest BCUT2D eigenvalue weighted by Gasteiger charge is -2.19. The Hall–Kier alpha value is -2.34. The number of hydrogen-bond donors (Lipinski definition) is 2. The molecular weight excluding hydrogens is 286 g/mol. The second kappa shape index (κ2) is 5.21. The van der Waals surface area contributed by atoms with Gasteiger partial charge in [0, 0.05) is 17.8 Å². The van der Waals surface area contributed by atoms with Crippen LogP contribution in [0.3, 0.4) is 0 Å². The van der Waals surface area contributed by atoms with Crippen molar-refractivity contribution in [1.29, 1.82) is 0 Å². The Kier molecular flexibility index (Phi) is 3.39. The summed E-state index contributed by atoms with van der Waals surface area (Å²) in [7, 11) is -3.71. The molecule has 0 saturated heterocycles. The number of rotatable bonds is 2. The van der Waals surface area contributed by atoms with Crippen molar-refractivity contribution < 1.29 is 8.42 Å². The van der Waals surface area contributed by atoms with E-state index in [2.05, 4.69) is 9.71 Å². The summed E-state index contributed by atoms with van der Waals surface area (Å²) in [4.78, 5) is 0.143. The van der Waals surface area contributed by atoms with Crippen molar-refractivity contribution >= 4 is 27.2 Å². The lowest BCUT2D eigenvalue weighted by Crippen LogP contribution is -2.21. The van der Waals surface area contributed by atoms with Crippen LogP contribution in [0.4, 0.5) is 11.4 Å². The Balaban J connectivity index is 1.90. The summed E-state index contributed by atoms with van der Waals surface area (Å²) in [6, 6.07) is 13.8. The number of nitrogen functional groups attached to an aromatic ring is 1. The maximum atomic E-state index is 12.3. The van der Waals surface area contributed by atoms with Crippen LogP contribution in [0.1, 0.15) is 12.0 Å². The van der Waals surface area contributed by atoms with Gasteiger partial charge in [0.15, 0.2) is 0 Å². The van der Waals surface area contributed by atoms with E-state index in [1.54, 1.807) is 12.1 Å². The molecule has 0 aromatic heterocycles. The van der Waals surface area contributed by atoms with E-state index in [0.29, 0.717) is 17.9 Å². The van der Waals surface area contributed by atoms with E-state index >= 15 is 0 Å². The lowest BCUT2D eigenvalue weighted by atomic mass is 10.0. The van der Waals surface area contributed by atoms with Gasteiger partial charge in [0.1, 0.15) is 5.84 Å². The first-order valence-corrected chi connectivity index (χ1v) is 8.03. The highest BCUT2D eigenvalue weighted by Gasteiger charge is 2.18. The molecule has 2 aromatic rings. The zero-order valence-corrected chi connectivity index (χ0v) is 12.1. The Labute approximate surface area is 123 Å². The van der Waals surface area contributed by atoms with Crippen molar-refractivity contribution in [2.24, 2.45) is 4.40 Å². The number of aryl methyl sites for hydroxylation is 1. The van der Waals surface area contributed by atoms with Gasteiger partial charge in [0.2, 0.25) is 0 Å². The van der Waals surface area contributed by atoms with Crippen LogP contribution in [0.2, 0.25) is 0 Å². The van der Waals surface area contributed by atoms with Gasteiger partial charge in [-0.05, 0) is 42.3 Å². The number of sulfonamides is 1. The van der Waals surface area contributed by atoms with Crippen LogP contribution >= 0.6 is 0 Å². The van der Waals surface area contributed by atoms with Crippen molar-refractivity contribution in [3.63, 3.8) is 0 Å². The molecule has 1 heterocycles. The highest BCUT2D eigenvalue weighted by Crippen LogP contribution is 2.23. The predicted octanol–water partition coefficient (Wildman–Crippen LogP) is 2.41. The average Bonchev–Trinajstić information content (AvgIpc) is 2.47.